The fraction of sp³-hybridized carbons (Fsp3) is 0.350. The highest BCUT2D eigenvalue weighted by atomic mass is 16.5. The SMILES string of the molecule is CCOc1ccc(C)cc1NC(=O)Nc1ccc(N2CCN(C(=O)O)CC2)nc1. The first kappa shape index (κ1) is 20.2. The van der Waals surface area contributed by atoms with Crippen LogP contribution in [0, 0.1) is 6.92 Å². The maximum atomic E-state index is 12.4. The number of nitrogens with one attached hydrogen (secondary N) is 2. The quantitative estimate of drug-likeness (QED) is 0.713. The molecule has 1 fully saturated rings. The van der Waals surface area contributed by atoms with Gasteiger partial charge in [0.15, 0.2) is 0 Å². The number of carbonyl (C=O) groups is 2. The van der Waals surface area contributed by atoms with Gasteiger partial charge in [0.05, 0.1) is 24.2 Å². The molecule has 0 saturated carbocycles. The van der Waals surface area contributed by atoms with Gasteiger partial charge in [0.1, 0.15) is 11.6 Å². The molecule has 0 bridgehead atoms. The van der Waals surface area contributed by atoms with Gasteiger partial charge in [-0.1, -0.05) is 6.07 Å². The van der Waals surface area contributed by atoms with Gasteiger partial charge in [0.25, 0.3) is 0 Å². The van der Waals surface area contributed by atoms with Crippen LogP contribution in [0.2, 0.25) is 0 Å². The van der Waals surface area contributed by atoms with E-state index in [-0.39, 0.29) is 6.03 Å². The van der Waals surface area contributed by atoms with E-state index in [1.54, 1.807) is 12.3 Å². The Kier molecular flexibility index (Phi) is 6.38. The van der Waals surface area contributed by atoms with Crippen molar-refractivity contribution < 1.29 is 19.4 Å². The van der Waals surface area contributed by atoms with E-state index in [0.717, 1.165) is 11.4 Å². The molecule has 0 atom stereocenters. The molecule has 0 aliphatic carbocycles. The van der Waals surface area contributed by atoms with Crippen LogP contribution in [0.3, 0.4) is 0 Å². The maximum Gasteiger partial charge on any atom is 0.407 e. The summed E-state index contributed by atoms with van der Waals surface area (Å²) in [5.74, 6) is 1.36. The van der Waals surface area contributed by atoms with Crippen LogP contribution in [0.5, 0.6) is 5.75 Å². The lowest BCUT2D eigenvalue weighted by molar-refractivity contribution is 0.142. The standard InChI is InChI=1S/C20H25N5O4/c1-3-29-17-6-4-14(2)12-16(17)23-19(26)22-15-5-7-18(21-13-15)24-8-10-25(11-9-24)20(27)28/h4-7,12-13H,3,8-11H2,1-2H3,(H,27,28)(H2,22,23,26). The van der Waals surface area contributed by atoms with E-state index >= 15 is 0 Å². The average molecular weight is 399 g/mol. The first-order chi connectivity index (χ1) is 14.0. The van der Waals surface area contributed by atoms with Crippen molar-refractivity contribution in [1.82, 2.24) is 9.88 Å². The van der Waals surface area contributed by atoms with Gasteiger partial charge < -0.3 is 30.3 Å². The predicted molar refractivity (Wildman–Crippen MR) is 111 cm³/mol. The lowest BCUT2D eigenvalue weighted by atomic mass is 10.2. The Balaban J connectivity index is 1.58. The normalized spacial score (nSPS) is 13.7. The Morgan fingerprint density at radius 3 is 2.52 bits per heavy atom. The molecule has 1 saturated heterocycles. The van der Waals surface area contributed by atoms with Gasteiger partial charge in [-0.2, -0.15) is 0 Å². The highest BCUT2D eigenvalue weighted by Crippen LogP contribution is 2.26. The summed E-state index contributed by atoms with van der Waals surface area (Å²) in [4.78, 5) is 31.1. The van der Waals surface area contributed by atoms with Crippen molar-refractivity contribution in [3.8, 4) is 5.75 Å². The van der Waals surface area contributed by atoms with Gasteiger partial charge in [-0.15, -0.1) is 0 Å². The van der Waals surface area contributed by atoms with Crippen LogP contribution in [0.1, 0.15) is 12.5 Å². The topological polar surface area (TPSA) is 107 Å². The molecule has 0 radical (unpaired) electrons. The van der Waals surface area contributed by atoms with Gasteiger partial charge in [-0.05, 0) is 43.7 Å². The molecule has 0 unspecified atom stereocenters. The second-order valence-corrected chi connectivity index (χ2v) is 6.67. The van der Waals surface area contributed by atoms with E-state index < -0.39 is 6.09 Å². The molecule has 9 nitrogen and oxygen atoms in total. The average Bonchev–Trinajstić information content (AvgIpc) is 2.71. The number of hydrogen-bond acceptors (Lipinski definition) is 5. The van der Waals surface area contributed by atoms with Crippen LogP contribution in [-0.4, -0.2) is 59.9 Å². The third-order valence-corrected chi connectivity index (χ3v) is 4.56. The molecule has 1 aromatic carbocycles. The summed E-state index contributed by atoms with van der Waals surface area (Å²) in [5, 5.41) is 14.6. The van der Waals surface area contributed by atoms with E-state index in [1.807, 2.05) is 43.0 Å². The maximum absolute atomic E-state index is 12.4. The minimum absolute atomic E-state index is 0.388. The molecule has 9 heteroatoms. The minimum Gasteiger partial charge on any atom is -0.492 e. The second kappa shape index (κ2) is 9.13. The molecule has 154 valence electrons. The Bertz CT molecular complexity index is 864. The molecule has 1 aromatic heterocycles. The number of aromatic nitrogens is 1. The predicted octanol–water partition coefficient (Wildman–Crippen LogP) is 3.23. The monoisotopic (exact) mass is 399 g/mol. The number of amides is 3. The number of ether oxygens (including phenoxy) is 1. The van der Waals surface area contributed by atoms with Crippen LogP contribution in [-0.2, 0) is 0 Å². The molecular weight excluding hydrogens is 374 g/mol. The molecule has 3 amide bonds. The van der Waals surface area contributed by atoms with Crippen LogP contribution >= 0.6 is 0 Å². The molecule has 2 heterocycles. The van der Waals surface area contributed by atoms with E-state index in [4.69, 9.17) is 9.84 Å². The number of anilines is 3. The van der Waals surface area contributed by atoms with E-state index in [0.29, 0.717) is 49.9 Å². The largest absolute Gasteiger partial charge is 0.492 e. The number of rotatable bonds is 5. The van der Waals surface area contributed by atoms with Crippen molar-refractivity contribution >= 4 is 29.3 Å². The van der Waals surface area contributed by atoms with Gasteiger partial charge in [-0.25, -0.2) is 14.6 Å². The fourth-order valence-electron chi connectivity index (χ4n) is 3.08. The summed E-state index contributed by atoms with van der Waals surface area (Å²) in [6, 6.07) is 8.79. The summed E-state index contributed by atoms with van der Waals surface area (Å²) in [5.41, 5.74) is 2.17. The molecule has 29 heavy (non-hydrogen) atoms. The van der Waals surface area contributed by atoms with Gasteiger partial charge >= 0.3 is 12.1 Å². The Morgan fingerprint density at radius 2 is 1.90 bits per heavy atom. The highest BCUT2D eigenvalue weighted by molar-refractivity contribution is 6.00. The van der Waals surface area contributed by atoms with E-state index in [9.17, 15) is 9.59 Å². The van der Waals surface area contributed by atoms with Crippen LogP contribution < -0.4 is 20.3 Å². The zero-order chi connectivity index (χ0) is 20.8. The molecule has 3 rings (SSSR count). The summed E-state index contributed by atoms with van der Waals surface area (Å²) >= 11 is 0. The number of hydrogen-bond donors (Lipinski definition) is 3. The molecule has 1 aliphatic rings. The van der Waals surface area contributed by atoms with Crippen molar-refractivity contribution in [2.45, 2.75) is 13.8 Å². The first-order valence-electron chi connectivity index (χ1n) is 9.46. The number of urea groups is 1. The third-order valence-electron chi connectivity index (χ3n) is 4.56. The Labute approximate surface area is 169 Å². The summed E-state index contributed by atoms with van der Waals surface area (Å²) in [6.07, 6.45) is 0.683. The smallest absolute Gasteiger partial charge is 0.407 e. The van der Waals surface area contributed by atoms with Crippen molar-refractivity contribution in [3.05, 3.63) is 42.1 Å². The lowest BCUT2D eigenvalue weighted by Crippen LogP contribution is -2.48. The zero-order valence-electron chi connectivity index (χ0n) is 16.5. The number of benzene rings is 1. The fourth-order valence-corrected chi connectivity index (χ4v) is 3.08. The number of carbonyl (C=O) groups excluding carboxylic acids is 1. The number of aryl methyl sites for hydroxylation is 1. The van der Waals surface area contributed by atoms with Crippen LogP contribution in [0.4, 0.5) is 26.8 Å². The summed E-state index contributed by atoms with van der Waals surface area (Å²) < 4.78 is 5.55. The third kappa shape index (κ3) is 5.28. The van der Waals surface area contributed by atoms with Gasteiger partial charge in [0, 0.05) is 26.2 Å². The molecule has 0 spiro atoms. The van der Waals surface area contributed by atoms with Crippen molar-refractivity contribution in [2.24, 2.45) is 0 Å². The number of nitrogens with zero attached hydrogens (tertiary/aromatic N) is 3. The van der Waals surface area contributed by atoms with E-state index in [1.165, 1.54) is 4.90 Å². The number of carboxylic acid groups (broad SMARTS) is 1. The zero-order valence-corrected chi connectivity index (χ0v) is 16.5. The Hall–Kier alpha value is -3.49. The molecular formula is C20H25N5O4. The summed E-state index contributed by atoms with van der Waals surface area (Å²) in [7, 11) is 0. The van der Waals surface area contributed by atoms with Crippen molar-refractivity contribution in [2.75, 3.05) is 48.3 Å². The van der Waals surface area contributed by atoms with Crippen molar-refractivity contribution in [1.29, 1.82) is 0 Å². The van der Waals surface area contributed by atoms with Crippen LogP contribution in [0.25, 0.3) is 0 Å². The highest BCUT2D eigenvalue weighted by Gasteiger charge is 2.21. The van der Waals surface area contributed by atoms with Gasteiger partial charge in [-0.3, -0.25) is 0 Å². The minimum atomic E-state index is -0.899. The van der Waals surface area contributed by atoms with Gasteiger partial charge in [0.2, 0.25) is 0 Å². The molecule has 1 aliphatic heterocycles. The Morgan fingerprint density at radius 1 is 1.14 bits per heavy atom. The van der Waals surface area contributed by atoms with Crippen LogP contribution in [0.15, 0.2) is 36.5 Å². The first-order valence-corrected chi connectivity index (χ1v) is 9.46. The number of pyridine rings is 1. The summed E-state index contributed by atoms with van der Waals surface area (Å²) in [6.45, 7) is 6.39. The van der Waals surface area contributed by atoms with Crippen molar-refractivity contribution in [3.63, 3.8) is 0 Å². The number of piperazine rings is 1. The second-order valence-electron chi connectivity index (χ2n) is 6.67. The molecule has 3 N–H and O–H groups in total. The molecule has 2 aromatic rings. The van der Waals surface area contributed by atoms with E-state index in [2.05, 4.69) is 15.6 Å². The lowest BCUT2D eigenvalue weighted by Gasteiger charge is -2.33.